The number of nitrogens with zero attached hydrogens (tertiary/aromatic N) is 2. The first kappa shape index (κ1) is 13.0. The van der Waals surface area contributed by atoms with Gasteiger partial charge in [-0.3, -0.25) is 4.68 Å². The summed E-state index contributed by atoms with van der Waals surface area (Å²) < 4.78 is 38.4. The van der Waals surface area contributed by atoms with Gasteiger partial charge in [-0.1, -0.05) is 6.92 Å². The number of halogens is 3. The molecule has 0 aliphatic heterocycles. The molecule has 3 nitrogen and oxygen atoms in total. The summed E-state index contributed by atoms with van der Waals surface area (Å²) in [5.74, 6) is 0. The molecule has 0 radical (unpaired) electrons. The Morgan fingerprint density at radius 1 is 1.50 bits per heavy atom. The highest BCUT2D eigenvalue weighted by molar-refractivity contribution is 5.09. The highest BCUT2D eigenvalue weighted by atomic mass is 19.4. The lowest BCUT2D eigenvalue weighted by Crippen LogP contribution is -2.33. The first-order valence-corrected chi connectivity index (χ1v) is 5.18. The van der Waals surface area contributed by atoms with Gasteiger partial charge in [0.2, 0.25) is 0 Å². The Balaban J connectivity index is 2.85. The largest absolute Gasteiger partial charge is 0.419 e. The summed E-state index contributed by atoms with van der Waals surface area (Å²) in [5, 5.41) is 6.81. The second-order valence-corrected chi connectivity index (χ2v) is 3.75. The SMILES string of the molecule is CCC(NC)C(C)n1cc(C(F)(F)F)cn1. The molecule has 0 amide bonds. The van der Waals surface area contributed by atoms with E-state index in [1.807, 2.05) is 13.8 Å². The highest BCUT2D eigenvalue weighted by Gasteiger charge is 2.32. The summed E-state index contributed by atoms with van der Waals surface area (Å²) in [6.07, 6.45) is -1.58. The van der Waals surface area contributed by atoms with Gasteiger partial charge in [-0.15, -0.1) is 0 Å². The van der Waals surface area contributed by atoms with E-state index >= 15 is 0 Å². The molecular formula is C10H16F3N3. The van der Waals surface area contributed by atoms with Gasteiger partial charge >= 0.3 is 6.18 Å². The van der Waals surface area contributed by atoms with Crippen molar-refractivity contribution in [1.82, 2.24) is 15.1 Å². The van der Waals surface area contributed by atoms with E-state index in [-0.39, 0.29) is 12.1 Å². The van der Waals surface area contributed by atoms with Crippen LogP contribution in [-0.2, 0) is 6.18 Å². The van der Waals surface area contributed by atoms with E-state index in [1.54, 1.807) is 7.05 Å². The van der Waals surface area contributed by atoms with Crippen molar-refractivity contribution in [3.8, 4) is 0 Å². The maximum atomic E-state index is 12.4. The van der Waals surface area contributed by atoms with E-state index in [0.29, 0.717) is 0 Å². The average molecular weight is 235 g/mol. The van der Waals surface area contributed by atoms with Crippen molar-refractivity contribution in [2.24, 2.45) is 0 Å². The summed E-state index contributed by atoms with van der Waals surface area (Å²) in [6, 6.07) is 0.00656. The van der Waals surface area contributed by atoms with Crippen LogP contribution in [0.2, 0.25) is 0 Å². The van der Waals surface area contributed by atoms with Gasteiger partial charge in [0.1, 0.15) is 0 Å². The fraction of sp³-hybridized carbons (Fsp3) is 0.700. The third-order valence-electron chi connectivity index (χ3n) is 2.74. The zero-order chi connectivity index (χ0) is 12.3. The monoisotopic (exact) mass is 235 g/mol. The molecule has 0 aromatic carbocycles. The lowest BCUT2D eigenvalue weighted by atomic mass is 10.1. The Labute approximate surface area is 92.6 Å². The molecule has 92 valence electrons. The van der Waals surface area contributed by atoms with Gasteiger partial charge in [-0.05, 0) is 20.4 Å². The van der Waals surface area contributed by atoms with E-state index < -0.39 is 11.7 Å². The quantitative estimate of drug-likeness (QED) is 0.868. The van der Waals surface area contributed by atoms with E-state index in [0.717, 1.165) is 18.8 Å². The van der Waals surface area contributed by atoms with Crippen LogP contribution in [0.15, 0.2) is 12.4 Å². The molecule has 6 heteroatoms. The first-order chi connectivity index (χ1) is 7.40. The molecule has 1 heterocycles. The van der Waals surface area contributed by atoms with Crippen LogP contribution in [0.3, 0.4) is 0 Å². The van der Waals surface area contributed by atoms with Crippen molar-refractivity contribution in [1.29, 1.82) is 0 Å². The van der Waals surface area contributed by atoms with E-state index in [9.17, 15) is 13.2 Å². The van der Waals surface area contributed by atoms with Crippen LogP contribution in [0.4, 0.5) is 13.2 Å². The number of nitrogens with one attached hydrogen (secondary N) is 1. The number of aromatic nitrogens is 2. The predicted molar refractivity (Wildman–Crippen MR) is 55.1 cm³/mol. The lowest BCUT2D eigenvalue weighted by Gasteiger charge is -2.22. The molecule has 0 spiro atoms. The molecule has 0 bridgehead atoms. The van der Waals surface area contributed by atoms with Crippen molar-refractivity contribution in [3.63, 3.8) is 0 Å². The zero-order valence-corrected chi connectivity index (χ0v) is 9.54. The van der Waals surface area contributed by atoms with Crippen molar-refractivity contribution in [2.75, 3.05) is 7.05 Å². The molecule has 0 saturated heterocycles. The molecule has 1 rings (SSSR count). The standard InChI is InChI=1S/C10H16F3N3/c1-4-9(14-3)7(2)16-6-8(5-15-16)10(11,12)13/h5-7,9,14H,4H2,1-3H3. The molecule has 0 aliphatic carbocycles. The number of rotatable bonds is 4. The third-order valence-corrected chi connectivity index (χ3v) is 2.74. The normalized spacial score (nSPS) is 16.1. The Hall–Kier alpha value is -1.04. The van der Waals surface area contributed by atoms with Crippen LogP contribution in [0.1, 0.15) is 31.9 Å². The fourth-order valence-corrected chi connectivity index (χ4v) is 1.68. The molecule has 1 aromatic rings. The van der Waals surface area contributed by atoms with Gasteiger partial charge < -0.3 is 5.32 Å². The van der Waals surface area contributed by atoms with Gasteiger partial charge in [-0.25, -0.2) is 0 Å². The maximum Gasteiger partial charge on any atom is 0.419 e. The van der Waals surface area contributed by atoms with Crippen molar-refractivity contribution in [2.45, 2.75) is 38.5 Å². The topological polar surface area (TPSA) is 29.9 Å². The minimum atomic E-state index is -4.32. The van der Waals surface area contributed by atoms with Crippen LogP contribution in [0.25, 0.3) is 0 Å². The minimum Gasteiger partial charge on any atom is -0.315 e. The number of hydrogen-bond acceptors (Lipinski definition) is 2. The van der Waals surface area contributed by atoms with Gasteiger partial charge in [0.05, 0.1) is 17.8 Å². The van der Waals surface area contributed by atoms with Crippen molar-refractivity contribution < 1.29 is 13.2 Å². The molecular weight excluding hydrogens is 219 g/mol. The average Bonchev–Trinajstić information content (AvgIpc) is 2.67. The Morgan fingerprint density at radius 3 is 2.50 bits per heavy atom. The van der Waals surface area contributed by atoms with Gasteiger partial charge in [-0.2, -0.15) is 18.3 Å². The molecule has 0 fully saturated rings. The van der Waals surface area contributed by atoms with Crippen LogP contribution >= 0.6 is 0 Å². The number of hydrogen-bond donors (Lipinski definition) is 1. The smallest absolute Gasteiger partial charge is 0.315 e. The summed E-state index contributed by atoms with van der Waals surface area (Å²) in [6.45, 7) is 3.82. The maximum absolute atomic E-state index is 12.4. The molecule has 0 aliphatic rings. The van der Waals surface area contributed by atoms with Gasteiger partial charge in [0, 0.05) is 12.2 Å². The predicted octanol–water partition coefficient (Wildman–Crippen LogP) is 2.46. The fourth-order valence-electron chi connectivity index (χ4n) is 1.68. The van der Waals surface area contributed by atoms with Crippen molar-refractivity contribution in [3.05, 3.63) is 18.0 Å². The molecule has 1 aromatic heterocycles. The van der Waals surface area contributed by atoms with Crippen LogP contribution in [0, 0.1) is 0 Å². The van der Waals surface area contributed by atoms with E-state index in [1.165, 1.54) is 4.68 Å². The molecule has 1 N–H and O–H groups in total. The molecule has 0 saturated carbocycles. The zero-order valence-electron chi connectivity index (χ0n) is 9.54. The van der Waals surface area contributed by atoms with Crippen LogP contribution in [0.5, 0.6) is 0 Å². The summed E-state index contributed by atoms with van der Waals surface area (Å²) >= 11 is 0. The van der Waals surface area contributed by atoms with E-state index in [4.69, 9.17) is 0 Å². The third kappa shape index (κ3) is 2.75. The number of alkyl halides is 3. The van der Waals surface area contributed by atoms with Crippen molar-refractivity contribution >= 4 is 0 Å². The summed E-state index contributed by atoms with van der Waals surface area (Å²) in [4.78, 5) is 0. The second-order valence-electron chi connectivity index (χ2n) is 3.75. The summed E-state index contributed by atoms with van der Waals surface area (Å²) in [5.41, 5.74) is -0.703. The van der Waals surface area contributed by atoms with Crippen LogP contribution < -0.4 is 5.32 Å². The number of likely N-dealkylation sites (N-methyl/N-ethyl adjacent to an activating group) is 1. The Kier molecular flexibility index (Phi) is 3.96. The molecule has 2 unspecified atom stereocenters. The van der Waals surface area contributed by atoms with Gasteiger partial charge in [0.15, 0.2) is 0 Å². The van der Waals surface area contributed by atoms with Gasteiger partial charge in [0.25, 0.3) is 0 Å². The first-order valence-electron chi connectivity index (χ1n) is 5.18. The lowest BCUT2D eigenvalue weighted by molar-refractivity contribution is -0.137. The minimum absolute atomic E-state index is 0.105. The van der Waals surface area contributed by atoms with Crippen LogP contribution in [-0.4, -0.2) is 22.9 Å². The highest BCUT2D eigenvalue weighted by Crippen LogP contribution is 2.29. The molecule has 16 heavy (non-hydrogen) atoms. The Bertz CT molecular complexity index is 328. The van der Waals surface area contributed by atoms with E-state index in [2.05, 4.69) is 10.4 Å². The Morgan fingerprint density at radius 2 is 2.12 bits per heavy atom. The second kappa shape index (κ2) is 4.86. The molecule has 2 atom stereocenters. The summed E-state index contributed by atoms with van der Waals surface area (Å²) in [7, 11) is 1.79.